The molecule has 2 aromatic carbocycles. The number of hydrogen-bond donors (Lipinski definition) is 1. The second kappa shape index (κ2) is 7.32. The highest BCUT2D eigenvalue weighted by Gasteiger charge is 2.21. The van der Waals surface area contributed by atoms with E-state index in [1.54, 1.807) is 56.3 Å². The minimum Gasteiger partial charge on any atom is -0.497 e. The number of nitrogens with one attached hydrogen (secondary N) is 1. The van der Waals surface area contributed by atoms with E-state index in [1.165, 1.54) is 14.2 Å². The smallest absolute Gasteiger partial charge is 0.262 e. The van der Waals surface area contributed by atoms with Crippen LogP contribution in [0.2, 0.25) is 0 Å². The lowest BCUT2D eigenvalue weighted by Crippen LogP contribution is -2.15. The van der Waals surface area contributed by atoms with Crippen LogP contribution in [0.15, 0.2) is 51.9 Å². The molecule has 0 spiro atoms. The number of rotatable bonds is 6. The van der Waals surface area contributed by atoms with Crippen molar-refractivity contribution in [3.8, 4) is 22.8 Å². The third-order valence-corrected chi connectivity index (χ3v) is 5.55. The van der Waals surface area contributed by atoms with Gasteiger partial charge in [0, 0.05) is 17.7 Å². The number of aryl methyl sites for hydroxylation is 2. The van der Waals surface area contributed by atoms with E-state index in [4.69, 9.17) is 14.0 Å². The highest BCUT2D eigenvalue weighted by molar-refractivity contribution is 7.92. The predicted octanol–water partition coefficient (Wildman–Crippen LogP) is 3.78. The van der Waals surface area contributed by atoms with Crippen LogP contribution in [0.1, 0.15) is 11.3 Å². The number of ether oxygens (including phenoxy) is 2. The Labute approximate surface area is 158 Å². The molecule has 0 aliphatic carbocycles. The number of benzene rings is 2. The number of sulfonamides is 1. The SMILES string of the molecule is COc1ccc(OC)c(NS(=O)(=O)c2cc(-c3cc(C)no3)ccc2C)c1. The highest BCUT2D eigenvalue weighted by Crippen LogP contribution is 2.32. The van der Waals surface area contributed by atoms with Crippen molar-refractivity contribution in [3.05, 3.63) is 53.7 Å². The lowest BCUT2D eigenvalue weighted by atomic mass is 10.1. The van der Waals surface area contributed by atoms with Crippen LogP contribution in [-0.4, -0.2) is 27.8 Å². The molecule has 0 aliphatic heterocycles. The van der Waals surface area contributed by atoms with Gasteiger partial charge in [0.1, 0.15) is 11.5 Å². The Balaban J connectivity index is 2.03. The van der Waals surface area contributed by atoms with Crippen LogP contribution >= 0.6 is 0 Å². The first-order valence-corrected chi connectivity index (χ1v) is 9.61. The van der Waals surface area contributed by atoms with Crippen LogP contribution in [0.5, 0.6) is 11.5 Å². The number of aromatic nitrogens is 1. The molecule has 3 aromatic rings. The number of hydrogen-bond acceptors (Lipinski definition) is 6. The molecular weight excluding hydrogens is 368 g/mol. The van der Waals surface area contributed by atoms with Crippen LogP contribution in [0.25, 0.3) is 11.3 Å². The number of methoxy groups -OCH3 is 2. The summed E-state index contributed by atoms with van der Waals surface area (Å²) in [6.07, 6.45) is 0. The Morgan fingerprint density at radius 2 is 1.78 bits per heavy atom. The predicted molar refractivity (Wildman–Crippen MR) is 102 cm³/mol. The summed E-state index contributed by atoms with van der Waals surface area (Å²) in [7, 11) is -0.896. The Hall–Kier alpha value is -3.00. The lowest BCUT2D eigenvalue weighted by molar-refractivity contribution is 0.405. The zero-order valence-electron chi connectivity index (χ0n) is 15.4. The van der Waals surface area contributed by atoms with E-state index in [2.05, 4.69) is 9.88 Å². The summed E-state index contributed by atoms with van der Waals surface area (Å²) in [6, 6.07) is 11.7. The molecule has 0 atom stereocenters. The lowest BCUT2D eigenvalue weighted by Gasteiger charge is -2.14. The minimum absolute atomic E-state index is 0.138. The molecule has 1 N–H and O–H groups in total. The molecule has 3 rings (SSSR count). The van der Waals surface area contributed by atoms with Gasteiger partial charge in [-0.05, 0) is 37.6 Å². The van der Waals surface area contributed by atoms with Gasteiger partial charge in [-0.1, -0.05) is 17.3 Å². The summed E-state index contributed by atoms with van der Waals surface area (Å²) in [4.78, 5) is 0.138. The first kappa shape index (κ1) is 18.8. The zero-order chi connectivity index (χ0) is 19.6. The number of anilines is 1. The average Bonchev–Trinajstić information content (AvgIpc) is 3.08. The van der Waals surface area contributed by atoms with Gasteiger partial charge in [-0.3, -0.25) is 4.72 Å². The largest absolute Gasteiger partial charge is 0.497 e. The second-order valence-corrected chi connectivity index (χ2v) is 7.64. The van der Waals surface area contributed by atoms with E-state index in [9.17, 15) is 8.42 Å². The highest BCUT2D eigenvalue weighted by atomic mass is 32.2. The van der Waals surface area contributed by atoms with E-state index in [-0.39, 0.29) is 10.6 Å². The number of nitrogens with zero attached hydrogens (tertiary/aromatic N) is 1. The first-order valence-electron chi connectivity index (χ1n) is 8.13. The Morgan fingerprint density at radius 1 is 1.00 bits per heavy atom. The molecule has 1 heterocycles. The van der Waals surface area contributed by atoms with Crippen LogP contribution < -0.4 is 14.2 Å². The van der Waals surface area contributed by atoms with Crippen molar-refractivity contribution in [1.82, 2.24) is 5.16 Å². The molecular formula is C19H20N2O5S. The summed E-state index contributed by atoms with van der Waals surface area (Å²) in [6.45, 7) is 3.53. The quantitative estimate of drug-likeness (QED) is 0.691. The Bertz CT molecular complexity index is 1070. The summed E-state index contributed by atoms with van der Waals surface area (Å²) in [5, 5.41) is 3.85. The maximum absolute atomic E-state index is 13.0. The molecule has 142 valence electrons. The fraction of sp³-hybridized carbons (Fsp3) is 0.211. The van der Waals surface area contributed by atoms with Crippen LogP contribution in [0.4, 0.5) is 5.69 Å². The molecule has 0 saturated carbocycles. The molecule has 0 bridgehead atoms. The van der Waals surface area contributed by atoms with Gasteiger partial charge in [-0.25, -0.2) is 8.42 Å². The van der Waals surface area contributed by atoms with Gasteiger partial charge < -0.3 is 14.0 Å². The monoisotopic (exact) mass is 388 g/mol. The minimum atomic E-state index is -3.87. The fourth-order valence-electron chi connectivity index (χ4n) is 2.64. The average molecular weight is 388 g/mol. The van der Waals surface area contributed by atoms with Gasteiger partial charge in [0.05, 0.1) is 30.5 Å². The second-order valence-electron chi connectivity index (χ2n) is 5.98. The van der Waals surface area contributed by atoms with E-state index in [1.807, 2.05) is 0 Å². The van der Waals surface area contributed by atoms with E-state index < -0.39 is 10.0 Å². The van der Waals surface area contributed by atoms with Crippen molar-refractivity contribution in [1.29, 1.82) is 0 Å². The molecule has 0 fully saturated rings. The maximum Gasteiger partial charge on any atom is 0.262 e. The van der Waals surface area contributed by atoms with Crippen LogP contribution in [0.3, 0.4) is 0 Å². The normalized spacial score (nSPS) is 11.3. The Morgan fingerprint density at radius 3 is 2.41 bits per heavy atom. The van der Waals surface area contributed by atoms with Gasteiger partial charge in [0.2, 0.25) is 0 Å². The van der Waals surface area contributed by atoms with Gasteiger partial charge in [0.25, 0.3) is 10.0 Å². The summed E-state index contributed by atoms with van der Waals surface area (Å²) in [5.74, 6) is 1.40. The first-order chi connectivity index (χ1) is 12.8. The van der Waals surface area contributed by atoms with Gasteiger partial charge in [-0.15, -0.1) is 0 Å². The molecule has 27 heavy (non-hydrogen) atoms. The standard InChI is InChI=1S/C19H20N2O5S/c1-12-5-6-14(18-9-13(2)20-26-18)10-19(12)27(22,23)21-16-11-15(24-3)7-8-17(16)25-4/h5-11,21H,1-4H3. The third kappa shape index (κ3) is 3.90. The van der Waals surface area contributed by atoms with Gasteiger partial charge in [0.15, 0.2) is 5.76 Å². The molecule has 8 heteroatoms. The van der Waals surface area contributed by atoms with Gasteiger partial charge >= 0.3 is 0 Å². The van der Waals surface area contributed by atoms with Crippen molar-refractivity contribution in [3.63, 3.8) is 0 Å². The topological polar surface area (TPSA) is 90.7 Å². The summed E-state index contributed by atoms with van der Waals surface area (Å²) in [5.41, 5.74) is 2.23. The Kier molecular flexibility index (Phi) is 5.09. The molecule has 1 aromatic heterocycles. The van der Waals surface area contributed by atoms with Crippen molar-refractivity contribution in [2.75, 3.05) is 18.9 Å². The third-order valence-electron chi connectivity index (χ3n) is 4.04. The van der Waals surface area contributed by atoms with Crippen LogP contribution in [-0.2, 0) is 10.0 Å². The molecule has 0 saturated heterocycles. The van der Waals surface area contributed by atoms with E-state index >= 15 is 0 Å². The molecule has 0 amide bonds. The zero-order valence-corrected chi connectivity index (χ0v) is 16.3. The summed E-state index contributed by atoms with van der Waals surface area (Å²) >= 11 is 0. The molecule has 0 radical (unpaired) electrons. The van der Waals surface area contributed by atoms with Gasteiger partial charge in [-0.2, -0.15) is 0 Å². The fourth-order valence-corrected chi connectivity index (χ4v) is 3.97. The van der Waals surface area contributed by atoms with Crippen molar-refractivity contribution >= 4 is 15.7 Å². The molecule has 7 nitrogen and oxygen atoms in total. The maximum atomic E-state index is 13.0. The molecule has 0 aliphatic rings. The van der Waals surface area contributed by atoms with Crippen molar-refractivity contribution in [2.24, 2.45) is 0 Å². The van der Waals surface area contributed by atoms with Crippen LogP contribution in [0, 0.1) is 13.8 Å². The van der Waals surface area contributed by atoms with E-state index in [0.29, 0.717) is 34.1 Å². The summed E-state index contributed by atoms with van der Waals surface area (Å²) < 4.78 is 44.3. The van der Waals surface area contributed by atoms with E-state index in [0.717, 1.165) is 0 Å². The molecule has 0 unspecified atom stereocenters. The van der Waals surface area contributed by atoms with Crippen molar-refractivity contribution < 1.29 is 22.4 Å². The van der Waals surface area contributed by atoms with Crippen molar-refractivity contribution in [2.45, 2.75) is 18.7 Å².